The number of amides is 1. The standard InChI is InChI=1S/C21H27N3O2/c25-16-12-15(13-16)21(14-6-2-1-3-7-14)22-20(26)11-10-19-17-8-4-5-9-18(17)23-24-19/h1-3,6-7,15-16,21,25H,4-5,8-13H2,(H,22,26)(H,23,24). The number of nitrogens with zero attached hydrogens (tertiary/aromatic N) is 1. The first kappa shape index (κ1) is 17.3. The number of fused-ring (bicyclic) bond motifs is 1. The smallest absolute Gasteiger partial charge is 0.220 e. The fourth-order valence-corrected chi connectivity index (χ4v) is 4.27. The summed E-state index contributed by atoms with van der Waals surface area (Å²) >= 11 is 0. The van der Waals surface area contributed by atoms with Crippen LogP contribution in [0.4, 0.5) is 0 Å². The van der Waals surface area contributed by atoms with Crippen molar-refractivity contribution < 1.29 is 9.90 Å². The van der Waals surface area contributed by atoms with E-state index < -0.39 is 0 Å². The minimum Gasteiger partial charge on any atom is -0.393 e. The minimum atomic E-state index is -0.223. The molecule has 5 heteroatoms. The van der Waals surface area contributed by atoms with Crippen molar-refractivity contribution in [3.8, 4) is 0 Å². The third-order valence-electron chi connectivity index (χ3n) is 5.83. The molecule has 0 aliphatic heterocycles. The van der Waals surface area contributed by atoms with Gasteiger partial charge in [0.05, 0.1) is 17.8 Å². The normalized spacial score (nSPS) is 23.0. The molecule has 0 spiro atoms. The van der Waals surface area contributed by atoms with Crippen LogP contribution in [0.3, 0.4) is 0 Å². The van der Waals surface area contributed by atoms with Crippen LogP contribution in [0.2, 0.25) is 0 Å². The Kier molecular flexibility index (Phi) is 5.07. The second-order valence-electron chi connectivity index (χ2n) is 7.68. The number of aromatic nitrogens is 2. The van der Waals surface area contributed by atoms with Gasteiger partial charge in [-0.3, -0.25) is 9.89 Å². The first-order chi connectivity index (χ1) is 12.7. The molecule has 2 aromatic rings. The zero-order valence-electron chi connectivity index (χ0n) is 15.1. The summed E-state index contributed by atoms with van der Waals surface area (Å²) < 4.78 is 0. The van der Waals surface area contributed by atoms with Gasteiger partial charge in [0.15, 0.2) is 0 Å². The molecule has 2 aliphatic rings. The SMILES string of the molecule is O=C(CCc1n[nH]c2c1CCCC2)NC(c1ccccc1)C1CC(O)C1. The van der Waals surface area contributed by atoms with Crippen molar-refractivity contribution in [3.63, 3.8) is 0 Å². The third kappa shape index (κ3) is 3.68. The minimum absolute atomic E-state index is 0.0137. The van der Waals surface area contributed by atoms with Gasteiger partial charge >= 0.3 is 0 Å². The van der Waals surface area contributed by atoms with Gasteiger partial charge in [-0.25, -0.2) is 0 Å². The van der Waals surface area contributed by atoms with Crippen molar-refractivity contribution in [3.05, 3.63) is 52.8 Å². The molecule has 1 heterocycles. The van der Waals surface area contributed by atoms with Gasteiger partial charge in [0.2, 0.25) is 5.91 Å². The van der Waals surface area contributed by atoms with Crippen molar-refractivity contribution in [2.24, 2.45) is 5.92 Å². The molecule has 1 fully saturated rings. The summed E-state index contributed by atoms with van der Waals surface area (Å²) in [7, 11) is 0. The van der Waals surface area contributed by atoms with E-state index in [4.69, 9.17) is 0 Å². The van der Waals surface area contributed by atoms with Crippen molar-refractivity contribution in [2.45, 2.75) is 63.5 Å². The predicted octanol–water partition coefficient (Wildman–Crippen LogP) is 2.85. The molecule has 2 aliphatic carbocycles. The van der Waals surface area contributed by atoms with E-state index in [-0.39, 0.29) is 18.1 Å². The molecule has 0 bridgehead atoms. The number of aliphatic hydroxyl groups excluding tert-OH is 1. The highest BCUT2D eigenvalue weighted by molar-refractivity contribution is 5.76. The number of aliphatic hydroxyl groups is 1. The molecule has 0 saturated heterocycles. The zero-order valence-corrected chi connectivity index (χ0v) is 15.1. The summed E-state index contributed by atoms with van der Waals surface area (Å²) in [6, 6.07) is 10.1. The Balaban J connectivity index is 1.38. The lowest BCUT2D eigenvalue weighted by molar-refractivity contribution is -0.123. The lowest BCUT2D eigenvalue weighted by atomic mass is 9.75. The second kappa shape index (κ2) is 7.62. The lowest BCUT2D eigenvalue weighted by Crippen LogP contribution is -2.41. The van der Waals surface area contributed by atoms with Crippen molar-refractivity contribution in [1.82, 2.24) is 15.5 Å². The molecule has 0 radical (unpaired) electrons. The Labute approximate surface area is 154 Å². The van der Waals surface area contributed by atoms with Crippen LogP contribution in [0.25, 0.3) is 0 Å². The predicted molar refractivity (Wildman–Crippen MR) is 99.6 cm³/mol. The number of hydrogen-bond acceptors (Lipinski definition) is 3. The Morgan fingerprint density at radius 1 is 1.23 bits per heavy atom. The fourth-order valence-electron chi connectivity index (χ4n) is 4.27. The van der Waals surface area contributed by atoms with Gasteiger partial charge in [-0.2, -0.15) is 5.10 Å². The van der Waals surface area contributed by atoms with E-state index in [1.54, 1.807) is 0 Å². The molecule has 26 heavy (non-hydrogen) atoms. The molecule has 3 N–H and O–H groups in total. The van der Waals surface area contributed by atoms with Gasteiger partial charge in [-0.15, -0.1) is 0 Å². The van der Waals surface area contributed by atoms with Crippen LogP contribution in [-0.2, 0) is 24.1 Å². The molecule has 138 valence electrons. The van der Waals surface area contributed by atoms with Gasteiger partial charge in [0, 0.05) is 18.5 Å². The monoisotopic (exact) mass is 353 g/mol. The molecule has 1 amide bonds. The van der Waals surface area contributed by atoms with Crippen molar-refractivity contribution in [2.75, 3.05) is 0 Å². The molecule has 1 atom stereocenters. The number of carbonyl (C=O) groups excluding carboxylic acids is 1. The summed E-state index contributed by atoms with van der Waals surface area (Å²) in [6.45, 7) is 0. The molecule has 1 saturated carbocycles. The summed E-state index contributed by atoms with van der Waals surface area (Å²) in [4.78, 5) is 12.6. The molecule has 4 rings (SSSR count). The molecule has 1 aromatic carbocycles. The van der Waals surface area contributed by atoms with Gasteiger partial charge in [0.1, 0.15) is 0 Å². The number of hydrogen-bond donors (Lipinski definition) is 3. The van der Waals surface area contributed by atoms with Crippen LogP contribution in [0.5, 0.6) is 0 Å². The number of aryl methyl sites for hydroxylation is 2. The van der Waals surface area contributed by atoms with Crippen molar-refractivity contribution in [1.29, 1.82) is 0 Å². The van der Waals surface area contributed by atoms with Crippen molar-refractivity contribution >= 4 is 5.91 Å². The highest BCUT2D eigenvalue weighted by atomic mass is 16.3. The molecule has 1 aromatic heterocycles. The van der Waals surface area contributed by atoms with Crippen LogP contribution in [0.15, 0.2) is 30.3 Å². The van der Waals surface area contributed by atoms with Crippen LogP contribution >= 0.6 is 0 Å². The maximum absolute atomic E-state index is 12.6. The van der Waals surface area contributed by atoms with Crippen LogP contribution in [-0.4, -0.2) is 27.3 Å². The quantitative estimate of drug-likeness (QED) is 0.747. The zero-order chi connectivity index (χ0) is 17.9. The van der Waals surface area contributed by atoms with Gasteiger partial charge in [-0.05, 0) is 55.6 Å². The van der Waals surface area contributed by atoms with Gasteiger partial charge < -0.3 is 10.4 Å². The Hall–Kier alpha value is -2.14. The topological polar surface area (TPSA) is 78.0 Å². The lowest BCUT2D eigenvalue weighted by Gasteiger charge is -2.38. The summed E-state index contributed by atoms with van der Waals surface area (Å²) in [5.41, 5.74) is 4.78. The number of carbonyl (C=O) groups is 1. The van der Waals surface area contributed by atoms with E-state index in [1.807, 2.05) is 18.2 Å². The number of benzene rings is 1. The largest absolute Gasteiger partial charge is 0.393 e. The van der Waals surface area contributed by atoms with E-state index in [1.165, 1.54) is 24.1 Å². The van der Waals surface area contributed by atoms with Gasteiger partial charge in [-0.1, -0.05) is 30.3 Å². The fraction of sp³-hybridized carbons (Fsp3) is 0.524. The average molecular weight is 353 g/mol. The third-order valence-corrected chi connectivity index (χ3v) is 5.83. The van der Waals surface area contributed by atoms with Gasteiger partial charge in [0.25, 0.3) is 0 Å². The maximum Gasteiger partial charge on any atom is 0.220 e. The summed E-state index contributed by atoms with van der Waals surface area (Å²) in [6.07, 6.45) is 7.03. The first-order valence-corrected chi connectivity index (χ1v) is 9.78. The Morgan fingerprint density at radius 2 is 2.00 bits per heavy atom. The van der Waals surface area contributed by atoms with Crippen LogP contribution < -0.4 is 5.32 Å². The van der Waals surface area contributed by atoms with Crippen LogP contribution in [0.1, 0.15) is 60.7 Å². The van der Waals surface area contributed by atoms with E-state index in [0.29, 0.717) is 18.8 Å². The molecule has 5 nitrogen and oxygen atoms in total. The highest BCUT2D eigenvalue weighted by Gasteiger charge is 2.35. The number of H-pyrrole nitrogens is 1. The highest BCUT2D eigenvalue weighted by Crippen LogP contribution is 2.38. The van der Waals surface area contributed by atoms with E-state index in [9.17, 15) is 9.90 Å². The Bertz CT molecular complexity index is 750. The molecule has 1 unspecified atom stereocenters. The maximum atomic E-state index is 12.6. The first-order valence-electron chi connectivity index (χ1n) is 9.78. The summed E-state index contributed by atoms with van der Waals surface area (Å²) in [5.74, 6) is 0.377. The Morgan fingerprint density at radius 3 is 2.77 bits per heavy atom. The van der Waals surface area contributed by atoms with E-state index >= 15 is 0 Å². The number of rotatable bonds is 6. The molecular formula is C21H27N3O2. The molecular weight excluding hydrogens is 326 g/mol. The average Bonchev–Trinajstić information content (AvgIpc) is 3.06. The second-order valence-corrected chi connectivity index (χ2v) is 7.68. The number of nitrogens with one attached hydrogen (secondary N) is 2. The summed E-state index contributed by atoms with van der Waals surface area (Å²) in [5, 5.41) is 20.5. The van der Waals surface area contributed by atoms with E-state index in [0.717, 1.165) is 36.9 Å². The van der Waals surface area contributed by atoms with E-state index in [2.05, 4.69) is 27.6 Å². The van der Waals surface area contributed by atoms with Crippen LogP contribution in [0, 0.1) is 5.92 Å². The number of aromatic amines is 1.